The number of carbonyl (C=O) groups is 1. The summed E-state index contributed by atoms with van der Waals surface area (Å²) in [5.74, 6) is 1.42. The largest absolute Gasteiger partial charge is 0.359 e. The van der Waals surface area contributed by atoms with Gasteiger partial charge in [0.1, 0.15) is 0 Å². The van der Waals surface area contributed by atoms with Crippen molar-refractivity contribution in [3.8, 4) is 0 Å². The highest BCUT2D eigenvalue weighted by molar-refractivity contribution is 5.78. The van der Waals surface area contributed by atoms with Gasteiger partial charge in [-0.1, -0.05) is 51.9 Å². The second-order valence-corrected chi connectivity index (χ2v) is 5.53. The number of amides is 1. The Hall–Kier alpha value is -0.530. The third-order valence-electron chi connectivity index (χ3n) is 4.17. The molecule has 0 bridgehead atoms. The number of nitrogens with one attached hydrogen (secondary N) is 1. The molecule has 1 atom stereocenters. The van der Waals surface area contributed by atoms with E-state index in [9.17, 15) is 4.79 Å². The van der Waals surface area contributed by atoms with Crippen molar-refractivity contribution in [1.82, 2.24) is 5.32 Å². The molecular weight excluding hydrogens is 210 g/mol. The number of hydrogen-bond acceptors (Lipinski definition) is 1. The molecule has 0 spiro atoms. The summed E-state index contributed by atoms with van der Waals surface area (Å²) in [7, 11) is 1.77. The summed E-state index contributed by atoms with van der Waals surface area (Å²) in [4.78, 5) is 11.8. The highest BCUT2D eigenvalue weighted by Gasteiger charge is 2.20. The molecule has 0 radical (unpaired) electrons. The van der Waals surface area contributed by atoms with E-state index in [0.717, 1.165) is 18.8 Å². The Morgan fingerprint density at radius 1 is 1.24 bits per heavy atom. The van der Waals surface area contributed by atoms with Crippen LogP contribution in [0.5, 0.6) is 0 Å². The number of carbonyl (C=O) groups excluding carboxylic acids is 1. The molecule has 0 aromatic carbocycles. The zero-order valence-electron chi connectivity index (χ0n) is 11.6. The van der Waals surface area contributed by atoms with Crippen molar-refractivity contribution < 1.29 is 4.79 Å². The van der Waals surface area contributed by atoms with Crippen LogP contribution in [0.3, 0.4) is 0 Å². The fraction of sp³-hybridized carbons (Fsp3) is 0.933. The Kier molecular flexibility index (Phi) is 7.30. The minimum atomic E-state index is 0.259. The van der Waals surface area contributed by atoms with Gasteiger partial charge in [0.15, 0.2) is 0 Å². The zero-order chi connectivity index (χ0) is 12.5. The predicted octanol–water partition coefficient (Wildman–Crippen LogP) is 3.90. The lowest BCUT2D eigenvalue weighted by Gasteiger charge is -2.23. The third kappa shape index (κ3) is 5.56. The summed E-state index contributed by atoms with van der Waals surface area (Å²) in [5.41, 5.74) is 0. The second kappa shape index (κ2) is 8.54. The minimum Gasteiger partial charge on any atom is -0.359 e. The minimum absolute atomic E-state index is 0.259. The maximum absolute atomic E-state index is 11.8. The molecule has 1 amide bonds. The van der Waals surface area contributed by atoms with E-state index in [1.807, 2.05) is 0 Å². The molecule has 0 aromatic heterocycles. The first kappa shape index (κ1) is 14.5. The van der Waals surface area contributed by atoms with E-state index in [-0.39, 0.29) is 11.8 Å². The maximum Gasteiger partial charge on any atom is 0.222 e. The topological polar surface area (TPSA) is 29.1 Å². The molecule has 0 aliphatic heterocycles. The fourth-order valence-electron chi connectivity index (χ4n) is 2.97. The summed E-state index contributed by atoms with van der Waals surface area (Å²) in [6, 6.07) is 0. The van der Waals surface area contributed by atoms with Crippen LogP contribution in [0.25, 0.3) is 0 Å². The first-order valence-electron chi connectivity index (χ1n) is 7.49. The quantitative estimate of drug-likeness (QED) is 0.717. The summed E-state index contributed by atoms with van der Waals surface area (Å²) in [6.07, 6.45) is 12.8. The van der Waals surface area contributed by atoms with Crippen LogP contribution in [0.15, 0.2) is 0 Å². The van der Waals surface area contributed by atoms with Crippen molar-refractivity contribution in [3.63, 3.8) is 0 Å². The van der Waals surface area contributed by atoms with Gasteiger partial charge in [0.05, 0.1) is 0 Å². The number of hydrogen-bond donors (Lipinski definition) is 1. The van der Waals surface area contributed by atoms with E-state index < -0.39 is 0 Å². The molecule has 2 nitrogen and oxygen atoms in total. The molecule has 17 heavy (non-hydrogen) atoms. The molecule has 100 valence electrons. The number of rotatable bonds is 7. The van der Waals surface area contributed by atoms with Crippen molar-refractivity contribution >= 4 is 5.91 Å². The number of unbranched alkanes of at least 4 members (excludes halogenated alkanes) is 1. The third-order valence-corrected chi connectivity index (χ3v) is 4.17. The normalized spacial score (nSPS) is 18.9. The monoisotopic (exact) mass is 239 g/mol. The summed E-state index contributed by atoms with van der Waals surface area (Å²) in [5, 5.41) is 2.82. The molecular formula is C15H29NO. The first-order valence-corrected chi connectivity index (χ1v) is 7.49. The van der Waals surface area contributed by atoms with E-state index in [4.69, 9.17) is 0 Å². The van der Waals surface area contributed by atoms with Crippen LogP contribution in [-0.2, 0) is 4.79 Å². The molecule has 0 heterocycles. The van der Waals surface area contributed by atoms with Crippen molar-refractivity contribution in [2.24, 2.45) is 11.8 Å². The maximum atomic E-state index is 11.8. The molecule has 1 rings (SSSR count). The lowest BCUT2D eigenvalue weighted by molar-refractivity contribution is -0.125. The van der Waals surface area contributed by atoms with Gasteiger partial charge in [-0.2, -0.15) is 0 Å². The van der Waals surface area contributed by atoms with E-state index in [0.29, 0.717) is 0 Å². The second-order valence-electron chi connectivity index (χ2n) is 5.53. The highest BCUT2D eigenvalue weighted by Crippen LogP contribution is 2.29. The summed E-state index contributed by atoms with van der Waals surface area (Å²) < 4.78 is 0. The van der Waals surface area contributed by atoms with Crippen LogP contribution in [0.2, 0.25) is 0 Å². The Bertz CT molecular complexity index is 209. The van der Waals surface area contributed by atoms with E-state index in [1.165, 1.54) is 51.4 Å². The lowest BCUT2D eigenvalue weighted by Crippen LogP contribution is -2.28. The van der Waals surface area contributed by atoms with Crippen LogP contribution in [-0.4, -0.2) is 13.0 Å². The van der Waals surface area contributed by atoms with Gasteiger partial charge in [-0.3, -0.25) is 4.79 Å². The van der Waals surface area contributed by atoms with Gasteiger partial charge < -0.3 is 5.32 Å². The van der Waals surface area contributed by atoms with Gasteiger partial charge in [-0.25, -0.2) is 0 Å². The van der Waals surface area contributed by atoms with E-state index >= 15 is 0 Å². The van der Waals surface area contributed by atoms with Crippen LogP contribution in [0.4, 0.5) is 0 Å². The Labute approximate surface area is 107 Å². The van der Waals surface area contributed by atoms with Gasteiger partial charge in [0, 0.05) is 13.0 Å². The first-order chi connectivity index (χ1) is 8.27. The summed E-state index contributed by atoms with van der Waals surface area (Å²) >= 11 is 0. The van der Waals surface area contributed by atoms with Crippen LogP contribution >= 0.6 is 0 Å². The molecule has 2 heteroatoms. The van der Waals surface area contributed by atoms with Gasteiger partial charge in [0.25, 0.3) is 0 Å². The molecule has 0 aromatic rings. The lowest BCUT2D eigenvalue weighted by atomic mass is 9.83. The molecule has 1 aliphatic carbocycles. The van der Waals surface area contributed by atoms with Crippen molar-refractivity contribution in [2.75, 3.05) is 7.05 Å². The van der Waals surface area contributed by atoms with Gasteiger partial charge in [0.2, 0.25) is 5.91 Å². The van der Waals surface area contributed by atoms with Crippen molar-refractivity contribution in [1.29, 1.82) is 0 Å². The standard InChI is InChI=1S/C15H29NO/c1-3-4-10-14(15(17)16-2)12-11-13-8-6-5-7-9-13/h13-14H,3-12H2,1-2H3,(H,16,17). The fourth-order valence-corrected chi connectivity index (χ4v) is 2.97. The summed E-state index contributed by atoms with van der Waals surface area (Å²) in [6.45, 7) is 2.20. The van der Waals surface area contributed by atoms with Gasteiger partial charge in [-0.05, 0) is 25.2 Å². The Morgan fingerprint density at radius 2 is 1.94 bits per heavy atom. The smallest absolute Gasteiger partial charge is 0.222 e. The molecule has 1 saturated carbocycles. The van der Waals surface area contributed by atoms with Crippen molar-refractivity contribution in [2.45, 2.75) is 71.1 Å². The molecule has 1 N–H and O–H groups in total. The zero-order valence-corrected chi connectivity index (χ0v) is 11.6. The Balaban J connectivity index is 2.28. The SMILES string of the molecule is CCCCC(CCC1CCCCC1)C(=O)NC. The highest BCUT2D eigenvalue weighted by atomic mass is 16.1. The van der Waals surface area contributed by atoms with Crippen LogP contribution in [0, 0.1) is 11.8 Å². The van der Waals surface area contributed by atoms with E-state index in [2.05, 4.69) is 12.2 Å². The van der Waals surface area contributed by atoms with Crippen LogP contribution < -0.4 is 5.32 Å². The molecule has 1 aliphatic rings. The van der Waals surface area contributed by atoms with E-state index in [1.54, 1.807) is 7.05 Å². The van der Waals surface area contributed by atoms with Gasteiger partial charge >= 0.3 is 0 Å². The van der Waals surface area contributed by atoms with Gasteiger partial charge in [-0.15, -0.1) is 0 Å². The Morgan fingerprint density at radius 3 is 2.53 bits per heavy atom. The molecule has 0 saturated heterocycles. The predicted molar refractivity (Wildman–Crippen MR) is 72.9 cm³/mol. The molecule has 1 fully saturated rings. The average molecular weight is 239 g/mol. The average Bonchev–Trinajstić information content (AvgIpc) is 2.39. The molecule has 1 unspecified atom stereocenters. The van der Waals surface area contributed by atoms with Crippen LogP contribution in [0.1, 0.15) is 71.1 Å². The van der Waals surface area contributed by atoms with Crippen molar-refractivity contribution in [3.05, 3.63) is 0 Å².